The first-order valence-electron chi connectivity index (χ1n) is 6.87. The molecule has 0 fully saturated rings. The molecule has 21 heavy (non-hydrogen) atoms. The van der Waals surface area contributed by atoms with Gasteiger partial charge in [0.15, 0.2) is 0 Å². The molecule has 1 aromatic heterocycles. The molecule has 0 saturated heterocycles. The SMILES string of the molecule is O=[N+]([O-])c1cc(CNC2CCCc3occc32)ccc1Br. The molecule has 0 saturated carbocycles. The van der Waals surface area contributed by atoms with Crippen LogP contribution in [0.25, 0.3) is 0 Å². The number of nitro groups is 1. The molecule has 1 aliphatic carbocycles. The highest BCUT2D eigenvalue weighted by atomic mass is 79.9. The second kappa shape index (κ2) is 5.99. The van der Waals surface area contributed by atoms with Crippen LogP contribution in [-0.2, 0) is 13.0 Å². The zero-order valence-corrected chi connectivity index (χ0v) is 12.9. The third kappa shape index (κ3) is 3.01. The number of halogens is 1. The second-order valence-electron chi connectivity index (χ2n) is 5.17. The van der Waals surface area contributed by atoms with Crippen molar-refractivity contribution in [3.63, 3.8) is 0 Å². The van der Waals surface area contributed by atoms with Crippen molar-refractivity contribution in [2.75, 3.05) is 0 Å². The van der Waals surface area contributed by atoms with E-state index in [0.717, 1.165) is 30.6 Å². The van der Waals surface area contributed by atoms with Gasteiger partial charge in [-0.25, -0.2) is 0 Å². The lowest BCUT2D eigenvalue weighted by molar-refractivity contribution is -0.385. The summed E-state index contributed by atoms with van der Waals surface area (Å²) in [5.74, 6) is 1.06. The van der Waals surface area contributed by atoms with Crippen molar-refractivity contribution in [2.24, 2.45) is 0 Å². The molecule has 110 valence electrons. The van der Waals surface area contributed by atoms with Crippen LogP contribution in [-0.4, -0.2) is 4.92 Å². The molecule has 2 aromatic rings. The Hall–Kier alpha value is -1.66. The van der Waals surface area contributed by atoms with Crippen LogP contribution in [0.4, 0.5) is 5.69 Å². The summed E-state index contributed by atoms with van der Waals surface area (Å²) >= 11 is 3.20. The van der Waals surface area contributed by atoms with Crippen LogP contribution in [0.15, 0.2) is 39.4 Å². The molecule has 3 rings (SSSR count). The molecule has 0 radical (unpaired) electrons. The van der Waals surface area contributed by atoms with E-state index in [1.54, 1.807) is 18.4 Å². The number of rotatable bonds is 4. The van der Waals surface area contributed by atoms with Gasteiger partial charge in [-0.3, -0.25) is 10.1 Å². The number of benzene rings is 1. The molecule has 0 spiro atoms. The number of nitrogens with one attached hydrogen (secondary N) is 1. The first-order valence-corrected chi connectivity index (χ1v) is 7.67. The zero-order chi connectivity index (χ0) is 14.8. The number of aryl methyl sites for hydroxylation is 1. The third-order valence-electron chi connectivity index (χ3n) is 3.81. The number of fused-ring (bicyclic) bond motifs is 1. The van der Waals surface area contributed by atoms with E-state index < -0.39 is 0 Å². The summed E-state index contributed by atoms with van der Waals surface area (Å²) in [5.41, 5.74) is 2.22. The minimum absolute atomic E-state index is 0.0990. The van der Waals surface area contributed by atoms with Crippen molar-refractivity contribution >= 4 is 21.6 Å². The van der Waals surface area contributed by atoms with Crippen LogP contribution in [0.3, 0.4) is 0 Å². The van der Waals surface area contributed by atoms with E-state index in [2.05, 4.69) is 21.2 Å². The Morgan fingerprint density at radius 1 is 1.43 bits per heavy atom. The fraction of sp³-hybridized carbons (Fsp3) is 0.333. The van der Waals surface area contributed by atoms with Crippen LogP contribution in [0, 0.1) is 10.1 Å². The maximum atomic E-state index is 11.0. The standard InChI is InChI=1S/C15H15BrN2O3/c16-12-5-4-10(8-14(12)18(19)20)9-17-13-2-1-3-15-11(13)6-7-21-15/h4-8,13,17H,1-3,9H2. The quantitative estimate of drug-likeness (QED) is 0.665. The first kappa shape index (κ1) is 14.3. The van der Waals surface area contributed by atoms with Gasteiger partial charge in [0, 0.05) is 30.6 Å². The molecule has 0 amide bonds. The topological polar surface area (TPSA) is 68.3 Å². The summed E-state index contributed by atoms with van der Waals surface area (Å²) in [6.07, 6.45) is 4.88. The fourth-order valence-electron chi connectivity index (χ4n) is 2.75. The molecule has 1 N–H and O–H groups in total. The van der Waals surface area contributed by atoms with Crippen LogP contribution in [0.5, 0.6) is 0 Å². The van der Waals surface area contributed by atoms with E-state index in [1.807, 2.05) is 12.1 Å². The predicted octanol–water partition coefficient (Wildman–Crippen LogP) is 4.12. The van der Waals surface area contributed by atoms with Crippen LogP contribution < -0.4 is 5.32 Å². The Morgan fingerprint density at radius 3 is 3.10 bits per heavy atom. The number of hydrogen-bond acceptors (Lipinski definition) is 4. The second-order valence-corrected chi connectivity index (χ2v) is 6.02. The van der Waals surface area contributed by atoms with Crippen molar-refractivity contribution in [1.82, 2.24) is 5.32 Å². The van der Waals surface area contributed by atoms with Gasteiger partial charge in [-0.2, -0.15) is 0 Å². The van der Waals surface area contributed by atoms with Gasteiger partial charge >= 0.3 is 0 Å². The van der Waals surface area contributed by atoms with Gasteiger partial charge in [0.1, 0.15) is 5.76 Å². The van der Waals surface area contributed by atoms with Crippen LogP contribution >= 0.6 is 15.9 Å². The van der Waals surface area contributed by atoms with Gasteiger partial charge in [-0.1, -0.05) is 6.07 Å². The Balaban J connectivity index is 1.72. The molecule has 1 aliphatic rings. The maximum absolute atomic E-state index is 11.0. The van der Waals surface area contributed by atoms with E-state index in [1.165, 1.54) is 5.56 Å². The Bertz CT molecular complexity index is 669. The van der Waals surface area contributed by atoms with Crippen molar-refractivity contribution in [1.29, 1.82) is 0 Å². The average molecular weight is 351 g/mol. The minimum atomic E-state index is -0.373. The molecular weight excluding hydrogens is 336 g/mol. The summed E-state index contributed by atoms with van der Waals surface area (Å²) in [7, 11) is 0. The zero-order valence-electron chi connectivity index (χ0n) is 11.3. The Labute approximate surface area is 130 Å². The summed E-state index contributed by atoms with van der Waals surface area (Å²) in [6, 6.07) is 7.49. The maximum Gasteiger partial charge on any atom is 0.283 e. The molecule has 0 aliphatic heterocycles. The van der Waals surface area contributed by atoms with E-state index in [-0.39, 0.29) is 16.7 Å². The van der Waals surface area contributed by atoms with Crippen LogP contribution in [0.1, 0.15) is 35.8 Å². The summed E-state index contributed by atoms with van der Waals surface area (Å²) in [4.78, 5) is 10.6. The van der Waals surface area contributed by atoms with Gasteiger partial charge in [-0.15, -0.1) is 0 Å². The third-order valence-corrected chi connectivity index (χ3v) is 4.48. The highest BCUT2D eigenvalue weighted by molar-refractivity contribution is 9.10. The van der Waals surface area contributed by atoms with Gasteiger partial charge in [-0.05, 0) is 46.5 Å². The van der Waals surface area contributed by atoms with Crippen molar-refractivity contribution in [2.45, 2.75) is 31.8 Å². The lowest BCUT2D eigenvalue weighted by Crippen LogP contribution is -2.24. The Morgan fingerprint density at radius 2 is 2.29 bits per heavy atom. The Kier molecular flexibility index (Phi) is 4.07. The lowest BCUT2D eigenvalue weighted by atomic mass is 9.93. The monoisotopic (exact) mass is 350 g/mol. The average Bonchev–Trinajstić information content (AvgIpc) is 2.95. The molecule has 0 bridgehead atoms. The van der Waals surface area contributed by atoms with Gasteiger partial charge in [0.05, 0.1) is 15.7 Å². The molecule has 5 nitrogen and oxygen atoms in total. The lowest BCUT2D eigenvalue weighted by Gasteiger charge is -2.22. The summed E-state index contributed by atoms with van der Waals surface area (Å²) < 4.78 is 5.97. The first-order chi connectivity index (χ1) is 10.1. The van der Waals surface area contributed by atoms with Gasteiger partial charge in [0.2, 0.25) is 0 Å². The van der Waals surface area contributed by atoms with Gasteiger partial charge < -0.3 is 9.73 Å². The normalized spacial score (nSPS) is 17.5. The number of nitrogens with zero attached hydrogens (tertiary/aromatic N) is 1. The number of furan rings is 1. The van der Waals surface area contributed by atoms with Crippen molar-refractivity contribution < 1.29 is 9.34 Å². The van der Waals surface area contributed by atoms with E-state index in [0.29, 0.717) is 11.0 Å². The molecule has 6 heteroatoms. The predicted molar refractivity (Wildman–Crippen MR) is 82.0 cm³/mol. The molecule has 1 atom stereocenters. The highest BCUT2D eigenvalue weighted by Crippen LogP contribution is 2.31. The summed E-state index contributed by atoms with van der Waals surface area (Å²) in [5, 5.41) is 14.4. The highest BCUT2D eigenvalue weighted by Gasteiger charge is 2.22. The number of nitro benzene ring substituents is 1. The fourth-order valence-corrected chi connectivity index (χ4v) is 3.14. The number of hydrogen-bond donors (Lipinski definition) is 1. The van der Waals surface area contributed by atoms with Gasteiger partial charge in [0.25, 0.3) is 5.69 Å². The van der Waals surface area contributed by atoms with E-state index in [9.17, 15) is 10.1 Å². The van der Waals surface area contributed by atoms with Crippen LogP contribution in [0.2, 0.25) is 0 Å². The molecule has 1 unspecified atom stereocenters. The van der Waals surface area contributed by atoms with E-state index in [4.69, 9.17) is 4.42 Å². The summed E-state index contributed by atoms with van der Waals surface area (Å²) in [6.45, 7) is 0.601. The van der Waals surface area contributed by atoms with Crippen molar-refractivity contribution in [3.05, 3.63) is 62.0 Å². The van der Waals surface area contributed by atoms with E-state index >= 15 is 0 Å². The van der Waals surface area contributed by atoms with Crippen molar-refractivity contribution in [3.8, 4) is 0 Å². The molecular formula is C15H15BrN2O3. The molecule has 1 heterocycles. The smallest absolute Gasteiger partial charge is 0.283 e. The minimum Gasteiger partial charge on any atom is -0.469 e. The molecule has 1 aromatic carbocycles. The largest absolute Gasteiger partial charge is 0.469 e.